The van der Waals surface area contributed by atoms with Gasteiger partial charge in [-0.15, -0.1) is 0 Å². The zero-order valence-electron chi connectivity index (χ0n) is 9.88. The van der Waals surface area contributed by atoms with E-state index in [0.29, 0.717) is 10.6 Å². The molecule has 1 aliphatic rings. The summed E-state index contributed by atoms with van der Waals surface area (Å²) in [6, 6.07) is 5.34. The van der Waals surface area contributed by atoms with E-state index in [9.17, 15) is 5.11 Å². The maximum absolute atomic E-state index is 9.36. The first-order valence-electron chi connectivity index (χ1n) is 5.82. The Morgan fingerprint density at radius 1 is 1.56 bits per heavy atom. The van der Waals surface area contributed by atoms with E-state index in [2.05, 4.69) is 10.1 Å². The standard InChI is InChI=1S/C12H16ClN3O2/c13-8-3-4-11(10(6-8)12(14)15-18)16-5-1-2-9(16)7-17/h3-4,6,9,17-18H,1-2,5,7H2,(H2,14,15). The molecule has 1 saturated heterocycles. The molecule has 1 fully saturated rings. The SMILES string of the molecule is NC(=NO)c1cc(Cl)ccc1N1CCCC1CO. The largest absolute Gasteiger partial charge is 0.409 e. The summed E-state index contributed by atoms with van der Waals surface area (Å²) in [4.78, 5) is 2.07. The summed E-state index contributed by atoms with van der Waals surface area (Å²) in [5.74, 6) is 0.0242. The lowest BCUT2D eigenvalue weighted by molar-refractivity contribution is 0.266. The lowest BCUT2D eigenvalue weighted by atomic mass is 10.1. The quantitative estimate of drug-likeness (QED) is 0.335. The smallest absolute Gasteiger partial charge is 0.172 e. The van der Waals surface area contributed by atoms with Crippen LogP contribution in [0.2, 0.25) is 5.02 Å². The number of hydrogen-bond donors (Lipinski definition) is 3. The Bertz CT molecular complexity index is 465. The van der Waals surface area contributed by atoms with Crippen molar-refractivity contribution < 1.29 is 10.3 Å². The summed E-state index contributed by atoms with van der Waals surface area (Å²) in [5.41, 5.74) is 7.10. The Kier molecular flexibility index (Phi) is 3.93. The molecule has 98 valence electrons. The van der Waals surface area contributed by atoms with E-state index in [1.807, 2.05) is 6.07 Å². The number of halogens is 1. The van der Waals surface area contributed by atoms with Gasteiger partial charge in [-0.1, -0.05) is 16.8 Å². The van der Waals surface area contributed by atoms with Crippen molar-refractivity contribution in [3.63, 3.8) is 0 Å². The van der Waals surface area contributed by atoms with Crippen LogP contribution in [0, 0.1) is 0 Å². The van der Waals surface area contributed by atoms with Crippen LogP contribution in [0.3, 0.4) is 0 Å². The summed E-state index contributed by atoms with van der Waals surface area (Å²) >= 11 is 5.93. The molecule has 0 aromatic heterocycles. The Morgan fingerprint density at radius 2 is 2.33 bits per heavy atom. The van der Waals surface area contributed by atoms with Crippen molar-refractivity contribution in [1.29, 1.82) is 0 Å². The second kappa shape index (κ2) is 5.46. The van der Waals surface area contributed by atoms with Crippen molar-refractivity contribution in [3.05, 3.63) is 28.8 Å². The maximum Gasteiger partial charge on any atom is 0.172 e. The zero-order valence-corrected chi connectivity index (χ0v) is 10.6. The fourth-order valence-corrected chi connectivity index (χ4v) is 2.53. The Morgan fingerprint density at radius 3 is 3.00 bits per heavy atom. The highest BCUT2D eigenvalue weighted by Crippen LogP contribution is 2.30. The summed E-state index contributed by atoms with van der Waals surface area (Å²) in [5, 5.41) is 21.7. The Hall–Kier alpha value is -1.46. The van der Waals surface area contributed by atoms with Gasteiger partial charge in [0.25, 0.3) is 0 Å². The monoisotopic (exact) mass is 269 g/mol. The first-order chi connectivity index (χ1) is 8.67. The van der Waals surface area contributed by atoms with Crippen LogP contribution >= 0.6 is 11.6 Å². The number of anilines is 1. The molecule has 1 aromatic rings. The number of amidine groups is 1. The van der Waals surface area contributed by atoms with Gasteiger partial charge in [0.2, 0.25) is 0 Å². The lowest BCUT2D eigenvalue weighted by Gasteiger charge is -2.27. The van der Waals surface area contributed by atoms with E-state index in [-0.39, 0.29) is 18.5 Å². The van der Waals surface area contributed by atoms with Crippen LogP contribution in [0.1, 0.15) is 18.4 Å². The summed E-state index contributed by atoms with van der Waals surface area (Å²) in [7, 11) is 0. The van der Waals surface area contributed by atoms with Gasteiger partial charge in [-0.2, -0.15) is 0 Å². The minimum atomic E-state index is 0.0242. The topological polar surface area (TPSA) is 82.1 Å². The van der Waals surface area contributed by atoms with Crippen LogP contribution in [0.25, 0.3) is 0 Å². The van der Waals surface area contributed by atoms with Crippen molar-refractivity contribution >= 4 is 23.1 Å². The average molecular weight is 270 g/mol. The van der Waals surface area contributed by atoms with Gasteiger partial charge in [-0.05, 0) is 31.0 Å². The molecular formula is C12H16ClN3O2. The molecule has 5 nitrogen and oxygen atoms in total. The predicted molar refractivity (Wildman–Crippen MR) is 71.4 cm³/mol. The first kappa shape index (κ1) is 13.0. The number of aliphatic hydroxyl groups is 1. The van der Waals surface area contributed by atoms with Crippen molar-refractivity contribution in [2.24, 2.45) is 10.9 Å². The van der Waals surface area contributed by atoms with Crippen LogP contribution < -0.4 is 10.6 Å². The minimum Gasteiger partial charge on any atom is -0.409 e. The minimum absolute atomic E-state index is 0.0242. The number of rotatable bonds is 3. The Balaban J connectivity index is 2.43. The third kappa shape index (κ3) is 2.37. The van der Waals surface area contributed by atoms with Gasteiger partial charge in [0, 0.05) is 22.8 Å². The highest BCUT2D eigenvalue weighted by molar-refractivity contribution is 6.31. The number of nitrogens with two attached hydrogens (primary N) is 1. The predicted octanol–water partition coefficient (Wildman–Crippen LogP) is 1.40. The van der Waals surface area contributed by atoms with Crippen LogP contribution in [-0.2, 0) is 0 Å². The highest BCUT2D eigenvalue weighted by atomic mass is 35.5. The molecular weight excluding hydrogens is 254 g/mol. The third-order valence-electron chi connectivity index (χ3n) is 3.24. The number of aliphatic hydroxyl groups excluding tert-OH is 1. The van der Waals surface area contributed by atoms with E-state index < -0.39 is 0 Å². The summed E-state index contributed by atoms with van der Waals surface area (Å²) in [6.45, 7) is 0.941. The number of hydrogen-bond acceptors (Lipinski definition) is 4. The van der Waals surface area contributed by atoms with E-state index >= 15 is 0 Å². The Labute approximate surface area is 110 Å². The van der Waals surface area contributed by atoms with Gasteiger partial charge >= 0.3 is 0 Å². The molecule has 1 aromatic carbocycles. The maximum atomic E-state index is 9.36. The molecule has 0 bridgehead atoms. The molecule has 0 amide bonds. The molecule has 1 unspecified atom stereocenters. The second-order valence-electron chi connectivity index (χ2n) is 4.32. The van der Waals surface area contributed by atoms with Gasteiger partial charge in [0.15, 0.2) is 5.84 Å². The van der Waals surface area contributed by atoms with Gasteiger partial charge in [0.05, 0.1) is 12.6 Å². The first-order valence-corrected chi connectivity index (χ1v) is 6.20. The fraction of sp³-hybridized carbons (Fsp3) is 0.417. The third-order valence-corrected chi connectivity index (χ3v) is 3.47. The molecule has 2 rings (SSSR count). The van der Waals surface area contributed by atoms with E-state index in [1.165, 1.54) is 0 Å². The lowest BCUT2D eigenvalue weighted by Crippen LogP contribution is -2.33. The molecule has 1 atom stereocenters. The zero-order chi connectivity index (χ0) is 13.1. The summed E-state index contributed by atoms with van der Waals surface area (Å²) < 4.78 is 0. The molecule has 1 aliphatic heterocycles. The van der Waals surface area contributed by atoms with Gasteiger partial charge in [-0.3, -0.25) is 0 Å². The molecule has 6 heteroatoms. The highest BCUT2D eigenvalue weighted by Gasteiger charge is 2.26. The molecule has 18 heavy (non-hydrogen) atoms. The second-order valence-corrected chi connectivity index (χ2v) is 4.76. The number of benzene rings is 1. The molecule has 0 radical (unpaired) electrons. The molecule has 0 saturated carbocycles. The average Bonchev–Trinajstić information content (AvgIpc) is 2.85. The van der Waals surface area contributed by atoms with Gasteiger partial charge in [0.1, 0.15) is 0 Å². The molecule has 4 N–H and O–H groups in total. The molecule has 1 heterocycles. The van der Waals surface area contributed by atoms with E-state index in [1.54, 1.807) is 12.1 Å². The van der Waals surface area contributed by atoms with Crippen molar-refractivity contribution in [2.75, 3.05) is 18.1 Å². The van der Waals surface area contributed by atoms with Crippen LogP contribution in [-0.4, -0.2) is 35.3 Å². The summed E-state index contributed by atoms with van der Waals surface area (Å²) in [6.07, 6.45) is 1.96. The van der Waals surface area contributed by atoms with Gasteiger partial charge < -0.3 is 20.9 Å². The van der Waals surface area contributed by atoms with Crippen molar-refractivity contribution in [1.82, 2.24) is 0 Å². The van der Waals surface area contributed by atoms with Crippen LogP contribution in [0.15, 0.2) is 23.4 Å². The van der Waals surface area contributed by atoms with Crippen LogP contribution in [0.5, 0.6) is 0 Å². The normalized spacial score (nSPS) is 20.4. The van der Waals surface area contributed by atoms with Crippen molar-refractivity contribution in [2.45, 2.75) is 18.9 Å². The van der Waals surface area contributed by atoms with E-state index in [4.69, 9.17) is 22.5 Å². The van der Waals surface area contributed by atoms with Gasteiger partial charge in [-0.25, -0.2) is 0 Å². The van der Waals surface area contributed by atoms with Crippen LogP contribution in [0.4, 0.5) is 5.69 Å². The van der Waals surface area contributed by atoms with Crippen molar-refractivity contribution in [3.8, 4) is 0 Å². The number of nitrogens with zero attached hydrogens (tertiary/aromatic N) is 2. The van der Waals surface area contributed by atoms with E-state index in [0.717, 1.165) is 25.1 Å². The number of oxime groups is 1. The molecule has 0 spiro atoms. The fourth-order valence-electron chi connectivity index (χ4n) is 2.36. The molecule has 0 aliphatic carbocycles.